The number of sulfonamides is 1. The molecule has 0 spiro atoms. The van der Waals surface area contributed by atoms with E-state index in [1.807, 2.05) is 18.2 Å². The molecule has 2 heterocycles. The molecule has 2 N–H and O–H groups in total. The average Bonchev–Trinajstić information content (AvgIpc) is 2.95. The van der Waals surface area contributed by atoms with E-state index in [0.717, 1.165) is 42.4 Å². The molecule has 3 rings (SSSR count). The van der Waals surface area contributed by atoms with Gasteiger partial charge >= 0.3 is 0 Å². The van der Waals surface area contributed by atoms with Crippen molar-refractivity contribution < 1.29 is 12.5 Å². The Morgan fingerprint density at radius 1 is 1.39 bits per heavy atom. The van der Waals surface area contributed by atoms with Gasteiger partial charge in [-0.15, -0.1) is 0 Å². The van der Waals surface area contributed by atoms with Crippen molar-refractivity contribution in [3.05, 3.63) is 35.5 Å². The normalized spacial score (nSPS) is 20.3. The second kappa shape index (κ2) is 6.63. The van der Waals surface area contributed by atoms with Crippen molar-refractivity contribution in [2.24, 2.45) is 0 Å². The summed E-state index contributed by atoms with van der Waals surface area (Å²) in [5, 5.41) is 1.14. The van der Waals surface area contributed by atoms with E-state index in [2.05, 4.69) is 23.1 Å². The Balaban J connectivity index is 1.75. The fraction of sp³-hybridized carbons (Fsp3) is 0.529. The smallest absolute Gasteiger partial charge is 0.211 e. The van der Waals surface area contributed by atoms with Gasteiger partial charge in [0.1, 0.15) is 0 Å². The van der Waals surface area contributed by atoms with Crippen LogP contribution in [0.5, 0.6) is 0 Å². The van der Waals surface area contributed by atoms with E-state index in [4.69, 9.17) is 4.11 Å². The predicted octanol–water partition coefficient (Wildman–Crippen LogP) is 2.07. The van der Waals surface area contributed by atoms with E-state index in [-0.39, 0.29) is 12.2 Å². The largest absolute Gasteiger partial charge is 0.361 e. The van der Waals surface area contributed by atoms with Gasteiger partial charge in [-0.2, -0.15) is 0 Å². The highest BCUT2D eigenvalue weighted by Gasteiger charge is 2.21. The van der Waals surface area contributed by atoms with Crippen LogP contribution in [0.2, 0.25) is 0 Å². The van der Waals surface area contributed by atoms with Crippen molar-refractivity contribution in [2.75, 3.05) is 32.9 Å². The monoisotopic (exact) mass is 338 g/mol. The summed E-state index contributed by atoms with van der Waals surface area (Å²) in [5.74, 6) is 0.265. The van der Waals surface area contributed by atoms with Crippen molar-refractivity contribution in [1.29, 1.82) is 0 Å². The molecule has 1 fully saturated rings. The second-order valence-corrected chi connectivity index (χ2v) is 8.21. The number of aromatic nitrogens is 1. The third-order valence-electron chi connectivity index (χ3n) is 4.75. The van der Waals surface area contributed by atoms with Gasteiger partial charge in [-0.1, -0.05) is 6.07 Å². The number of piperidine rings is 1. The summed E-state index contributed by atoms with van der Waals surface area (Å²) in [4.78, 5) is 5.64. The molecule has 6 heteroatoms. The van der Waals surface area contributed by atoms with Gasteiger partial charge in [0, 0.05) is 21.2 Å². The molecule has 0 atom stereocenters. The molecule has 0 bridgehead atoms. The summed E-state index contributed by atoms with van der Waals surface area (Å²) in [6.07, 6.45) is 4.58. The lowest BCUT2D eigenvalue weighted by molar-refractivity contribution is 0.256. The third kappa shape index (κ3) is 3.76. The molecule has 126 valence electrons. The van der Waals surface area contributed by atoms with Gasteiger partial charge in [0.25, 0.3) is 0 Å². The molecule has 0 aliphatic carbocycles. The highest BCUT2D eigenvalue weighted by molar-refractivity contribution is 7.89. The van der Waals surface area contributed by atoms with Crippen molar-refractivity contribution >= 4 is 20.9 Å². The lowest BCUT2D eigenvalue weighted by Crippen LogP contribution is -2.29. The maximum Gasteiger partial charge on any atom is 0.211 e. The SMILES string of the molecule is [2H]C([2H])([2H])NS(=O)(=O)CCc1ccc2[nH]cc(C3CCN(C)CC3)c2c1. The maximum absolute atomic E-state index is 11.9. The molecule has 0 saturated carbocycles. The van der Waals surface area contributed by atoms with Crippen LogP contribution in [0.15, 0.2) is 24.4 Å². The number of nitrogens with one attached hydrogen (secondary N) is 2. The van der Waals surface area contributed by atoms with Crippen LogP contribution in [-0.4, -0.2) is 51.2 Å². The zero-order valence-corrected chi connectivity index (χ0v) is 14.1. The van der Waals surface area contributed by atoms with Gasteiger partial charge < -0.3 is 9.88 Å². The highest BCUT2D eigenvalue weighted by Crippen LogP contribution is 2.33. The quantitative estimate of drug-likeness (QED) is 0.877. The van der Waals surface area contributed by atoms with Gasteiger partial charge in [0.2, 0.25) is 10.0 Å². The molecule has 0 radical (unpaired) electrons. The van der Waals surface area contributed by atoms with Crippen LogP contribution < -0.4 is 4.72 Å². The van der Waals surface area contributed by atoms with Crippen LogP contribution in [0, 0.1) is 0 Å². The summed E-state index contributed by atoms with van der Waals surface area (Å²) < 4.78 is 46.7. The van der Waals surface area contributed by atoms with Gasteiger partial charge in [0.05, 0.1) is 5.75 Å². The van der Waals surface area contributed by atoms with Crippen molar-refractivity contribution in [2.45, 2.75) is 25.2 Å². The molecule has 0 amide bonds. The second-order valence-electron chi connectivity index (χ2n) is 6.37. The van der Waals surface area contributed by atoms with Crippen molar-refractivity contribution in [3.63, 3.8) is 0 Å². The van der Waals surface area contributed by atoms with E-state index < -0.39 is 17.0 Å². The topological polar surface area (TPSA) is 65.2 Å². The minimum absolute atomic E-state index is 0.245. The molecule has 5 nitrogen and oxygen atoms in total. The van der Waals surface area contributed by atoms with Gasteiger partial charge in [0.15, 0.2) is 0 Å². The number of nitrogens with zero attached hydrogens (tertiary/aromatic N) is 1. The first-order chi connectivity index (χ1) is 12.1. The first kappa shape index (κ1) is 13.0. The first-order valence-corrected chi connectivity index (χ1v) is 9.58. The number of hydrogen-bond acceptors (Lipinski definition) is 3. The summed E-state index contributed by atoms with van der Waals surface area (Å²) in [6.45, 7) is -0.531. The van der Waals surface area contributed by atoms with Gasteiger partial charge in [-0.3, -0.25) is 0 Å². The minimum Gasteiger partial charge on any atom is -0.361 e. The first-order valence-electron chi connectivity index (χ1n) is 9.43. The minimum atomic E-state index is -3.84. The van der Waals surface area contributed by atoms with Gasteiger partial charge in [-0.05, 0) is 75.6 Å². The number of fused-ring (bicyclic) bond motifs is 1. The molecule has 1 aromatic heterocycles. The van der Waals surface area contributed by atoms with E-state index in [1.165, 1.54) is 5.56 Å². The van der Waals surface area contributed by atoms with Crippen LogP contribution in [-0.2, 0) is 16.4 Å². The van der Waals surface area contributed by atoms with Crippen molar-refractivity contribution in [1.82, 2.24) is 14.6 Å². The molecule has 23 heavy (non-hydrogen) atoms. The number of benzene rings is 1. The van der Waals surface area contributed by atoms with Crippen molar-refractivity contribution in [3.8, 4) is 0 Å². The Morgan fingerprint density at radius 2 is 2.17 bits per heavy atom. The lowest BCUT2D eigenvalue weighted by atomic mass is 9.89. The summed E-state index contributed by atoms with van der Waals surface area (Å²) >= 11 is 0. The van der Waals surface area contributed by atoms with Crippen LogP contribution in [0.4, 0.5) is 0 Å². The van der Waals surface area contributed by atoms with E-state index in [9.17, 15) is 8.42 Å². The Labute approximate surface area is 142 Å². The third-order valence-corrected chi connectivity index (χ3v) is 5.80. The molecule has 1 aliphatic rings. The molecule has 1 aromatic carbocycles. The van der Waals surface area contributed by atoms with Gasteiger partial charge in [-0.25, -0.2) is 13.1 Å². The molecular formula is C17H25N3O2S. The zero-order chi connectivity index (χ0) is 18.9. The summed E-state index contributed by atoms with van der Waals surface area (Å²) in [6, 6.07) is 5.89. The van der Waals surface area contributed by atoms with E-state index >= 15 is 0 Å². The van der Waals surface area contributed by atoms with Crippen LogP contribution in [0.1, 0.15) is 34.0 Å². The van der Waals surface area contributed by atoms with Crippen LogP contribution >= 0.6 is 0 Å². The summed E-state index contributed by atoms with van der Waals surface area (Å²) in [7, 11) is -1.70. The number of hydrogen-bond donors (Lipinski definition) is 2. The molecule has 1 saturated heterocycles. The Kier molecular flexibility index (Phi) is 3.74. The number of aryl methyl sites for hydroxylation is 1. The molecule has 0 unspecified atom stereocenters. The molecule has 2 aromatic rings. The Morgan fingerprint density at radius 3 is 2.91 bits per heavy atom. The fourth-order valence-electron chi connectivity index (χ4n) is 3.31. The Hall–Kier alpha value is -1.37. The molecular weight excluding hydrogens is 310 g/mol. The summed E-state index contributed by atoms with van der Waals surface area (Å²) in [5.41, 5.74) is 3.23. The number of likely N-dealkylation sites (tertiary alicyclic amines) is 1. The molecule has 1 aliphatic heterocycles. The number of H-pyrrole nitrogens is 1. The lowest BCUT2D eigenvalue weighted by Gasteiger charge is -2.28. The Bertz CT molecular complexity index is 869. The predicted molar refractivity (Wildman–Crippen MR) is 94.3 cm³/mol. The van der Waals surface area contributed by atoms with E-state index in [0.29, 0.717) is 5.92 Å². The number of rotatable bonds is 5. The highest BCUT2D eigenvalue weighted by atomic mass is 32.2. The fourth-order valence-corrected chi connectivity index (χ4v) is 3.91. The van der Waals surface area contributed by atoms with Crippen LogP contribution in [0.25, 0.3) is 10.9 Å². The maximum atomic E-state index is 11.9. The zero-order valence-electron chi connectivity index (χ0n) is 16.3. The number of aromatic amines is 1. The van der Waals surface area contributed by atoms with Crippen LogP contribution in [0.3, 0.4) is 0 Å². The van der Waals surface area contributed by atoms with E-state index in [1.54, 1.807) is 4.72 Å². The standard InChI is InChI=1S/C17H25N3O2S/c1-18-23(21,22)10-7-13-3-4-17-15(11-13)16(12-19-17)14-5-8-20(2)9-6-14/h3-4,11-12,14,18-19H,5-10H2,1-2H3/i1D3. The average molecular weight is 338 g/mol.